The molecule has 0 spiro atoms. The highest BCUT2D eigenvalue weighted by Crippen LogP contribution is 2.41. The molecule has 2 aromatic carbocycles. The standard InChI is InChI=1S/C20H21N3O5S/c1-20(2,29-17-7-4-3-5-8-17)18-9-6-10-21(18)19(24)14-11-15(22(25)26)13-16(12-14)23(27)28/h3-5,7-8,11-13,18H,6,9-10H2,1-2H3/t18-/m0/s1. The fourth-order valence-electron chi connectivity index (χ4n) is 3.69. The van der Waals surface area contributed by atoms with Gasteiger partial charge in [0, 0.05) is 34.4 Å². The third-order valence-corrected chi connectivity index (χ3v) is 6.32. The molecule has 9 heteroatoms. The maximum atomic E-state index is 13.2. The third-order valence-electron chi connectivity index (χ3n) is 5.01. The van der Waals surface area contributed by atoms with Gasteiger partial charge in [-0.15, -0.1) is 11.8 Å². The Morgan fingerprint density at radius 2 is 1.66 bits per heavy atom. The maximum absolute atomic E-state index is 13.2. The summed E-state index contributed by atoms with van der Waals surface area (Å²) in [5, 5.41) is 22.3. The summed E-state index contributed by atoms with van der Waals surface area (Å²) < 4.78 is -0.305. The molecule has 3 rings (SSSR count). The van der Waals surface area contributed by atoms with Crippen molar-refractivity contribution in [2.75, 3.05) is 6.54 Å². The summed E-state index contributed by atoms with van der Waals surface area (Å²) in [6, 6.07) is 12.9. The molecule has 1 atom stereocenters. The Bertz CT molecular complexity index is 916. The highest BCUT2D eigenvalue weighted by Gasteiger charge is 2.41. The summed E-state index contributed by atoms with van der Waals surface area (Å²) in [4.78, 5) is 36.8. The number of carbonyl (C=O) groups is 1. The predicted molar refractivity (Wildman–Crippen MR) is 110 cm³/mol. The average molecular weight is 415 g/mol. The lowest BCUT2D eigenvalue weighted by molar-refractivity contribution is -0.394. The molecule has 1 saturated heterocycles. The third kappa shape index (κ3) is 4.56. The molecule has 0 bridgehead atoms. The van der Waals surface area contributed by atoms with Crippen molar-refractivity contribution in [2.45, 2.75) is 42.4 Å². The van der Waals surface area contributed by atoms with Gasteiger partial charge in [-0.05, 0) is 38.8 Å². The lowest BCUT2D eigenvalue weighted by Gasteiger charge is -2.37. The first-order chi connectivity index (χ1) is 13.7. The predicted octanol–water partition coefficient (Wildman–Crippen LogP) is 4.68. The minimum absolute atomic E-state index is 0.0293. The number of rotatable bonds is 6. The van der Waals surface area contributed by atoms with Crippen molar-refractivity contribution in [3.05, 3.63) is 74.3 Å². The summed E-state index contributed by atoms with van der Waals surface area (Å²) in [7, 11) is 0. The van der Waals surface area contributed by atoms with Gasteiger partial charge in [-0.25, -0.2) is 0 Å². The number of amides is 1. The number of hydrogen-bond donors (Lipinski definition) is 0. The number of nitrogens with zero attached hydrogens (tertiary/aromatic N) is 3. The highest BCUT2D eigenvalue weighted by atomic mass is 32.2. The smallest absolute Gasteiger partial charge is 0.277 e. The quantitative estimate of drug-likeness (QED) is 0.385. The van der Waals surface area contributed by atoms with E-state index in [0.717, 1.165) is 35.9 Å². The van der Waals surface area contributed by atoms with Gasteiger partial charge < -0.3 is 4.90 Å². The van der Waals surface area contributed by atoms with Crippen molar-refractivity contribution in [1.29, 1.82) is 0 Å². The molecule has 1 aliphatic rings. The number of nitro benzene ring substituents is 2. The number of likely N-dealkylation sites (tertiary alicyclic amines) is 1. The van der Waals surface area contributed by atoms with E-state index in [1.807, 2.05) is 30.3 Å². The number of nitro groups is 2. The molecule has 0 saturated carbocycles. The van der Waals surface area contributed by atoms with Crippen LogP contribution in [0.5, 0.6) is 0 Å². The number of benzene rings is 2. The van der Waals surface area contributed by atoms with Crippen LogP contribution in [0.4, 0.5) is 11.4 Å². The van der Waals surface area contributed by atoms with E-state index < -0.39 is 27.1 Å². The van der Waals surface area contributed by atoms with E-state index in [4.69, 9.17) is 0 Å². The van der Waals surface area contributed by atoms with Gasteiger partial charge in [-0.2, -0.15) is 0 Å². The first-order valence-electron chi connectivity index (χ1n) is 9.18. The second kappa shape index (κ2) is 8.20. The second-order valence-electron chi connectivity index (χ2n) is 7.43. The van der Waals surface area contributed by atoms with Gasteiger partial charge in [0.1, 0.15) is 0 Å². The second-order valence-corrected chi connectivity index (χ2v) is 9.16. The van der Waals surface area contributed by atoms with Gasteiger partial charge in [-0.1, -0.05) is 18.2 Å². The minimum Gasteiger partial charge on any atom is -0.334 e. The molecule has 1 fully saturated rings. The molecule has 1 aliphatic heterocycles. The summed E-state index contributed by atoms with van der Waals surface area (Å²) in [5.41, 5.74) is -0.953. The Kier molecular flexibility index (Phi) is 5.88. The molecule has 1 amide bonds. The molecule has 29 heavy (non-hydrogen) atoms. The van der Waals surface area contributed by atoms with E-state index in [-0.39, 0.29) is 16.4 Å². The molecule has 8 nitrogen and oxygen atoms in total. The van der Waals surface area contributed by atoms with Crippen LogP contribution in [0.3, 0.4) is 0 Å². The Labute approximate surface area is 172 Å². The van der Waals surface area contributed by atoms with E-state index in [1.165, 1.54) is 0 Å². The zero-order chi connectivity index (χ0) is 21.2. The minimum atomic E-state index is -0.722. The number of thioether (sulfide) groups is 1. The first kappa shape index (κ1) is 20.8. The van der Waals surface area contributed by atoms with Crippen LogP contribution in [0.25, 0.3) is 0 Å². The van der Waals surface area contributed by atoms with Crippen molar-refractivity contribution in [2.24, 2.45) is 0 Å². The molecule has 0 N–H and O–H groups in total. The van der Waals surface area contributed by atoms with Crippen molar-refractivity contribution in [3.8, 4) is 0 Å². The molecule has 152 valence electrons. The Hall–Kier alpha value is -2.94. The average Bonchev–Trinajstić information content (AvgIpc) is 3.18. The monoisotopic (exact) mass is 415 g/mol. The molecular formula is C20H21N3O5S. The van der Waals surface area contributed by atoms with Crippen LogP contribution < -0.4 is 0 Å². The van der Waals surface area contributed by atoms with Crippen LogP contribution in [0.2, 0.25) is 0 Å². The van der Waals surface area contributed by atoms with Gasteiger partial charge in [0.2, 0.25) is 0 Å². The first-order valence-corrected chi connectivity index (χ1v) is 9.99. The van der Waals surface area contributed by atoms with Gasteiger partial charge in [-0.3, -0.25) is 25.0 Å². The summed E-state index contributed by atoms with van der Waals surface area (Å²) in [6.07, 6.45) is 1.61. The molecular weight excluding hydrogens is 394 g/mol. The Balaban J connectivity index is 1.90. The lowest BCUT2D eigenvalue weighted by Crippen LogP contribution is -2.46. The van der Waals surface area contributed by atoms with Crippen molar-refractivity contribution in [1.82, 2.24) is 4.90 Å². The maximum Gasteiger partial charge on any atom is 0.277 e. The number of hydrogen-bond acceptors (Lipinski definition) is 6. The van der Waals surface area contributed by atoms with Gasteiger partial charge in [0.25, 0.3) is 17.3 Å². The molecule has 0 unspecified atom stereocenters. The number of carbonyl (C=O) groups excluding carboxylic acids is 1. The molecule has 0 aliphatic carbocycles. The fraction of sp³-hybridized carbons (Fsp3) is 0.350. The Morgan fingerprint density at radius 1 is 1.07 bits per heavy atom. The van der Waals surface area contributed by atoms with Crippen LogP contribution in [0, 0.1) is 20.2 Å². The normalized spacial score (nSPS) is 16.6. The van der Waals surface area contributed by atoms with Crippen molar-refractivity contribution >= 4 is 29.0 Å². The van der Waals surface area contributed by atoms with Crippen LogP contribution in [0.15, 0.2) is 53.4 Å². The van der Waals surface area contributed by atoms with E-state index in [9.17, 15) is 25.0 Å². The molecule has 0 aromatic heterocycles. The lowest BCUT2D eigenvalue weighted by atomic mass is 10.00. The zero-order valence-electron chi connectivity index (χ0n) is 16.1. The van der Waals surface area contributed by atoms with Gasteiger partial charge in [0.05, 0.1) is 21.5 Å². The van der Waals surface area contributed by atoms with E-state index in [0.29, 0.717) is 6.54 Å². The van der Waals surface area contributed by atoms with Gasteiger partial charge >= 0.3 is 0 Å². The molecule has 1 heterocycles. The highest BCUT2D eigenvalue weighted by molar-refractivity contribution is 8.00. The van der Waals surface area contributed by atoms with Crippen LogP contribution >= 0.6 is 11.8 Å². The Morgan fingerprint density at radius 3 is 2.21 bits per heavy atom. The van der Waals surface area contributed by atoms with Crippen LogP contribution in [-0.2, 0) is 0 Å². The summed E-state index contributed by atoms with van der Waals surface area (Å²) in [6.45, 7) is 4.65. The van der Waals surface area contributed by atoms with Crippen LogP contribution in [-0.4, -0.2) is 38.0 Å². The van der Waals surface area contributed by atoms with Crippen LogP contribution in [0.1, 0.15) is 37.0 Å². The van der Waals surface area contributed by atoms with Crippen molar-refractivity contribution < 1.29 is 14.6 Å². The van der Waals surface area contributed by atoms with E-state index >= 15 is 0 Å². The largest absolute Gasteiger partial charge is 0.334 e. The topological polar surface area (TPSA) is 107 Å². The SMILES string of the molecule is CC(C)(Sc1ccccc1)[C@@H]1CCCN1C(=O)c1cc([N+](=O)[O-])cc([N+](=O)[O-])c1. The van der Waals surface area contributed by atoms with Gasteiger partial charge in [0.15, 0.2) is 0 Å². The zero-order valence-corrected chi connectivity index (χ0v) is 16.9. The number of non-ortho nitro benzene ring substituents is 2. The summed E-state index contributed by atoms with van der Waals surface area (Å²) in [5.74, 6) is -0.416. The molecule has 0 radical (unpaired) electrons. The van der Waals surface area contributed by atoms with Crippen molar-refractivity contribution in [3.63, 3.8) is 0 Å². The fourth-order valence-corrected chi connectivity index (χ4v) is 4.97. The summed E-state index contributed by atoms with van der Waals surface area (Å²) >= 11 is 1.67. The van der Waals surface area contributed by atoms with E-state index in [2.05, 4.69) is 13.8 Å². The van der Waals surface area contributed by atoms with E-state index in [1.54, 1.807) is 16.7 Å². The molecule has 2 aromatic rings.